The maximum Gasteiger partial charge on any atom is 0.142 e. The van der Waals surface area contributed by atoms with Gasteiger partial charge in [0.1, 0.15) is 5.75 Å². The Kier molecular flexibility index (Phi) is 2.66. The molecule has 1 aromatic carbocycles. The van der Waals surface area contributed by atoms with Gasteiger partial charge < -0.3 is 10.5 Å². The number of nitrogens with two attached hydrogens (primary N) is 1. The summed E-state index contributed by atoms with van der Waals surface area (Å²) in [6.45, 7) is 0.482. The molecule has 1 aliphatic carbocycles. The molecule has 0 aromatic heterocycles. The van der Waals surface area contributed by atoms with E-state index >= 15 is 0 Å². The average molecular weight is 212 g/mol. The van der Waals surface area contributed by atoms with E-state index in [9.17, 15) is 0 Å². The lowest BCUT2D eigenvalue weighted by molar-refractivity contribution is 0.409. The van der Waals surface area contributed by atoms with Crippen LogP contribution in [0.3, 0.4) is 0 Å². The molecule has 0 radical (unpaired) electrons. The summed E-state index contributed by atoms with van der Waals surface area (Å²) in [4.78, 5) is 0. The lowest BCUT2D eigenvalue weighted by Crippen LogP contribution is -2.02. The molecule has 2 rings (SSSR count). The molecule has 3 heteroatoms. The summed E-state index contributed by atoms with van der Waals surface area (Å²) in [6.07, 6.45) is 3.37. The molecule has 0 unspecified atom stereocenters. The Morgan fingerprint density at radius 1 is 1.50 bits per heavy atom. The van der Waals surface area contributed by atoms with Gasteiger partial charge in [-0.1, -0.05) is 17.7 Å². The van der Waals surface area contributed by atoms with Crippen molar-refractivity contribution in [1.82, 2.24) is 0 Å². The highest BCUT2D eigenvalue weighted by Crippen LogP contribution is 2.38. The number of halogens is 1. The van der Waals surface area contributed by atoms with Gasteiger partial charge >= 0.3 is 0 Å². The summed E-state index contributed by atoms with van der Waals surface area (Å²) >= 11 is 6.26. The zero-order chi connectivity index (χ0) is 10.1. The van der Waals surface area contributed by atoms with Gasteiger partial charge in [-0.05, 0) is 30.4 Å². The number of methoxy groups -OCH3 is 1. The lowest BCUT2D eigenvalue weighted by atomic mass is 10.0. The van der Waals surface area contributed by atoms with Gasteiger partial charge in [0.2, 0.25) is 0 Å². The monoisotopic (exact) mass is 211 g/mol. The van der Waals surface area contributed by atoms with Gasteiger partial charge in [-0.25, -0.2) is 0 Å². The van der Waals surface area contributed by atoms with Gasteiger partial charge in [0.05, 0.1) is 12.1 Å². The van der Waals surface area contributed by atoms with Crippen LogP contribution in [-0.2, 0) is 19.4 Å². The first-order chi connectivity index (χ1) is 6.77. The number of ether oxygens (including phenoxy) is 1. The number of hydrogen-bond donors (Lipinski definition) is 1. The van der Waals surface area contributed by atoms with Gasteiger partial charge in [0.25, 0.3) is 0 Å². The summed E-state index contributed by atoms with van der Waals surface area (Å²) in [7, 11) is 1.64. The molecule has 0 heterocycles. The van der Waals surface area contributed by atoms with Crippen molar-refractivity contribution in [3.05, 3.63) is 27.8 Å². The Hall–Kier alpha value is -0.730. The fourth-order valence-electron chi connectivity index (χ4n) is 2.10. The zero-order valence-corrected chi connectivity index (χ0v) is 9.03. The highest BCUT2D eigenvalue weighted by Gasteiger charge is 2.20. The highest BCUT2D eigenvalue weighted by molar-refractivity contribution is 6.33. The summed E-state index contributed by atoms with van der Waals surface area (Å²) in [5.74, 6) is 0.759. The summed E-state index contributed by atoms with van der Waals surface area (Å²) < 4.78 is 5.28. The normalized spacial score (nSPS) is 14.2. The maximum absolute atomic E-state index is 6.26. The Bertz CT molecular complexity index is 363. The zero-order valence-electron chi connectivity index (χ0n) is 8.27. The number of aryl methyl sites for hydroxylation is 1. The van der Waals surface area contributed by atoms with E-state index < -0.39 is 0 Å². The van der Waals surface area contributed by atoms with Crippen molar-refractivity contribution in [3.63, 3.8) is 0 Å². The first-order valence-electron chi connectivity index (χ1n) is 4.85. The molecule has 2 nitrogen and oxygen atoms in total. The smallest absolute Gasteiger partial charge is 0.142 e. The van der Waals surface area contributed by atoms with Crippen LogP contribution in [0.2, 0.25) is 5.02 Å². The van der Waals surface area contributed by atoms with Gasteiger partial charge in [-0.2, -0.15) is 0 Å². The van der Waals surface area contributed by atoms with Crippen molar-refractivity contribution in [3.8, 4) is 5.75 Å². The van der Waals surface area contributed by atoms with E-state index in [4.69, 9.17) is 22.1 Å². The molecule has 0 spiro atoms. The average Bonchev–Trinajstić information content (AvgIpc) is 2.65. The number of rotatable bonds is 2. The third kappa shape index (κ3) is 1.39. The molecule has 76 valence electrons. The van der Waals surface area contributed by atoms with Crippen molar-refractivity contribution < 1.29 is 4.74 Å². The Labute approximate surface area is 89.0 Å². The van der Waals surface area contributed by atoms with Crippen LogP contribution in [-0.4, -0.2) is 7.11 Å². The number of fused-ring (bicyclic) bond motifs is 1. The molecule has 0 saturated carbocycles. The largest absolute Gasteiger partial charge is 0.495 e. The first-order valence-corrected chi connectivity index (χ1v) is 5.23. The van der Waals surface area contributed by atoms with Crippen LogP contribution >= 0.6 is 11.6 Å². The first kappa shape index (κ1) is 9.81. The second-order valence-corrected chi connectivity index (χ2v) is 3.96. The van der Waals surface area contributed by atoms with E-state index in [2.05, 4.69) is 6.07 Å². The van der Waals surface area contributed by atoms with Crippen LogP contribution in [0.15, 0.2) is 6.07 Å². The van der Waals surface area contributed by atoms with Crippen molar-refractivity contribution in [1.29, 1.82) is 0 Å². The number of hydrogen-bond acceptors (Lipinski definition) is 2. The van der Waals surface area contributed by atoms with E-state index in [1.54, 1.807) is 7.11 Å². The molecule has 2 N–H and O–H groups in total. The standard InChI is InChI=1S/C11H14ClNO/c1-14-11-8(6-13)5-7-3-2-4-9(7)10(11)12/h5H,2-4,6,13H2,1H3. The van der Waals surface area contributed by atoms with Gasteiger partial charge in [0, 0.05) is 12.1 Å². The molecule has 1 aromatic rings. The van der Waals surface area contributed by atoms with Gasteiger partial charge in [0.15, 0.2) is 0 Å². The molecule has 0 atom stereocenters. The molecular weight excluding hydrogens is 198 g/mol. The fourth-order valence-corrected chi connectivity index (χ4v) is 2.52. The predicted octanol–water partition coefficient (Wildman–Crippen LogP) is 2.30. The summed E-state index contributed by atoms with van der Waals surface area (Å²) in [5.41, 5.74) is 9.26. The minimum absolute atomic E-state index is 0.482. The molecule has 0 aliphatic heterocycles. The Morgan fingerprint density at radius 3 is 2.93 bits per heavy atom. The Balaban J connectivity index is 2.60. The van der Waals surface area contributed by atoms with E-state index in [1.807, 2.05) is 0 Å². The Morgan fingerprint density at radius 2 is 2.29 bits per heavy atom. The van der Waals surface area contributed by atoms with E-state index in [0.29, 0.717) is 6.54 Å². The van der Waals surface area contributed by atoms with Gasteiger partial charge in [-0.3, -0.25) is 0 Å². The van der Waals surface area contributed by atoms with Gasteiger partial charge in [-0.15, -0.1) is 0 Å². The molecule has 1 aliphatic rings. The second kappa shape index (κ2) is 3.79. The highest BCUT2D eigenvalue weighted by atomic mass is 35.5. The molecular formula is C11H14ClNO. The van der Waals surface area contributed by atoms with Crippen LogP contribution in [0.5, 0.6) is 5.75 Å². The predicted molar refractivity (Wildman–Crippen MR) is 57.9 cm³/mol. The molecule has 0 bridgehead atoms. The SMILES string of the molecule is COc1c(CN)cc2c(c1Cl)CCC2. The molecule has 0 amide bonds. The fraction of sp³-hybridized carbons (Fsp3) is 0.455. The minimum Gasteiger partial charge on any atom is -0.495 e. The van der Waals surface area contributed by atoms with Crippen LogP contribution in [0.1, 0.15) is 23.1 Å². The van der Waals surface area contributed by atoms with Crippen LogP contribution in [0.25, 0.3) is 0 Å². The van der Waals surface area contributed by atoms with Crippen LogP contribution < -0.4 is 10.5 Å². The molecule has 0 saturated heterocycles. The van der Waals surface area contributed by atoms with Crippen LogP contribution in [0, 0.1) is 0 Å². The second-order valence-electron chi connectivity index (χ2n) is 3.58. The van der Waals surface area contributed by atoms with Crippen molar-refractivity contribution >= 4 is 11.6 Å². The van der Waals surface area contributed by atoms with E-state index in [0.717, 1.165) is 29.2 Å². The topological polar surface area (TPSA) is 35.2 Å². The van der Waals surface area contributed by atoms with E-state index in [1.165, 1.54) is 17.5 Å². The van der Waals surface area contributed by atoms with E-state index in [-0.39, 0.29) is 0 Å². The minimum atomic E-state index is 0.482. The van der Waals surface area contributed by atoms with Crippen molar-refractivity contribution in [2.45, 2.75) is 25.8 Å². The molecule has 14 heavy (non-hydrogen) atoms. The lowest BCUT2D eigenvalue weighted by Gasteiger charge is -2.12. The quantitative estimate of drug-likeness (QED) is 0.815. The van der Waals surface area contributed by atoms with Crippen LogP contribution in [0.4, 0.5) is 0 Å². The summed E-state index contributed by atoms with van der Waals surface area (Å²) in [6, 6.07) is 2.13. The number of benzene rings is 1. The van der Waals surface area contributed by atoms with Crippen molar-refractivity contribution in [2.24, 2.45) is 5.73 Å². The maximum atomic E-state index is 6.26. The third-order valence-corrected chi connectivity index (χ3v) is 3.19. The van der Waals surface area contributed by atoms with Crippen molar-refractivity contribution in [2.75, 3.05) is 7.11 Å². The molecule has 0 fully saturated rings. The third-order valence-electron chi connectivity index (χ3n) is 2.79. The summed E-state index contributed by atoms with van der Waals surface area (Å²) in [5, 5.41) is 0.767.